The van der Waals surface area contributed by atoms with Gasteiger partial charge in [0, 0.05) is 5.92 Å². The highest BCUT2D eigenvalue weighted by atomic mass is 32.2. The van der Waals surface area contributed by atoms with Crippen molar-refractivity contribution < 1.29 is 9.84 Å². The maximum absolute atomic E-state index is 10.3. The van der Waals surface area contributed by atoms with Crippen LogP contribution in [-0.4, -0.2) is 28.1 Å². The van der Waals surface area contributed by atoms with E-state index in [1.54, 1.807) is 23.5 Å². The summed E-state index contributed by atoms with van der Waals surface area (Å²) in [6, 6.07) is 10.6. The molecule has 0 aromatic heterocycles. The van der Waals surface area contributed by atoms with Crippen LogP contribution in [0.25, 0.3) is 0 Å². The van der Waals surface area contributed by atoms with Gasteiger partial charge in [-0.2, -0.15) is 0 Å². The molecule has 1 aromatic rings. The van der Waals surface area contributed by atoms with E-state index in [0.717, 1.165) is 17.2 Å². The number of hydrogen-bond donors (Lipinski definition) is 1. The van der Waals surface area contributed by atoms with Gasteiger partial charge in [-0.1, -0.05) is 57.5 Å². The maximum Gasteiger partial charge on any atom is 0.296 e. The normalized spacial score (nSPS) is 24.2. The second kappa shape index (κ2) is 9.75. The van der Waals surface area contributed by atoms with Gasteiger partial charge in [0.2, 0.25) is 0 Å². The first kappa shape index (κ1) is 21.2. The third-order valence-corrected chi connectivity index (χ3v) is 7.31. The molecule has 0 amide bonds. The smallest absolute Gasteiger partial charge is 0.296 e. The van der Waals surface area contributed by atoms with Crippen LogP contribution < -0.4 is 0 Å². The van der Waals surface area contributed by atoms with Gasteiger partial charge < -0.3 is 9.84 Å². The highest BCUT2D eigenvalue weighted by molar-refractivity contribution is 8.38. The van der Waals surface area contributed by atoms with Gasteiger partial charge in [0.05, 0.1) is 0 Å². The molecule has 0 spiro atoms. The standard InChI is InChI=1S/C21H31NO2S2/c1-15-11-12-17(21(2,3)16-9-7-6-8-10-16)18(13-15)24-19(23)14-22-20(25-4)26-5/h6-10,14-15,17-18,23H,11-13H2,1-5H3/b19-14-/t15-,17-,18-/m1/s1. The number of thioether (sulfide) groups is 2. The molecular formula is C21H31NO2S2. The molecule has 0 radical (unpaired) electrons. The fraction of sp³-hybridized carbons (Fsp3) is 0.571. The van der Waals surface area contributed by atoms with E-state index in [4.69, 9.17) is 4.74 Å². The van der Waals surface area contributed by atoms with Crippen molar-refractivity contribution in [3.05, 3.63) is 48.0 Å². The number of benzene rings is 1. The molecule has 0 saturated heterocycles. The number of ether oxygens (including phenoxy) is 1. The Bertz CT molecular complexity index is 622. The van der Waals surface area contributed by atoms with E-state index in [1.807, 2.05) is 12.5 Å². The quantitative estimate of drug-likeness (QED) is 0.366. The number of aliphatic hydroxyl groups excluding tert-OH is 1. The monoisotopic (exact) mass is 393 g/mol. The molecule has 1 aromatic carbocycles. The third-order valence-electron chi connectivity index (χ3n) is 5.40. The molecular weight excluding hydrogens is 362 g/mol. The number of aliphatic hydroxyl groups is 1. The second-order valence-corrected chi connectivity index (χ2v) is 9.39. The molecule has 1 aliphatic carbocycles. The minimum absolute atomic E-state index is 0.00702. The molecule has 3 atom stereocenters. The van der Waals surface area contributed by atoms with Crippen LogP contribution in [0.4, 0.5) is 0 Å². The average molecular weight is 394 g/mol. The Labute approximate surface area is 166 Å². The molecule has 2 rings (SSSR count). The Hall–Kier alpha value is -1.07. The number of hydrogen-bond acceptors (Lipinski definition) is 5. The van der Waals surface area contributed by atoms with Crippen molar-refractivity contribution in [1.29, 1.82) is 0 Å². The van der Waals surface area contributed by atoms with Crippen molar-refractivity contribution in [1.82, 2.24) is 0 Å². The predicted molar refractivity (Wildman–Crippen MR) is 116 cm³/mol. The Morgan fingerprint density at radius 2 is 1.85 bits per heavy atom. The van der Waals surface area contributed by atoms with E-state index in [0.29, 0.717) is 11.8 Å². The fourth-order valence-corrected chi connectivity index (χ4v) is 4.83. The summed E-state index contributed by atoms with van der Waals surface area (Å²) in [4.78, 5) is 4.30. The van der Waals surface area contributed by atoms with Crippen molar-refractivity contribution in [2.75, 3.05) is 12.5 Å². The summed E-state index contributed by atoms with van der Waals surface area (Å²) in [5.41, 5.74) is 1.31. The van der Waals surface area contributed by atoms with Gasteiger partial charge >= 0.3 is 0 Å². The highest BCUT2D eigenvalue weighted by Gasteiger charge is 2.41. The molecule has 144 valence electrons. The van der Waals surface area contributed by atoms with E-state index in [9.17, 15) is 5.11 Å². The van der Waals surface area contributed by atoms with E-state index in [1.165, 1.54) is 18.2 Å². The van der Waals surface area contributed by atoms with Crippen molar-refractivity contribution in [2.45, 2.75) is 51.6 Å². The lowest BCUT2D eigenvalue weighted by molar-refractivity contribution is -0.0511. The van der Waals surface area contributed by atoms with Crippen LogP contribution in [0.3, 0.4) is 0 Å². The molecule has 1 aliphatic rings. The molecule has 1 fully saturated rings. The second-order valence-electron chi connectivity index (χ2n) is 7.54. The molecule has 0 aliphatic heterocycles. The third kappa shape index (κ3) is 5.46. The van der Waals surface area contributed by atoms with Gasteiger partial charge in [0.1, 0.15) is 16.7 Å². The Kier molecular flexibility index (Phi) is 7.96. The average Bonchev–Trinajstić information content (AvgIpc) is 2.63. The minimum Gasteiger partial charge on any atom is -0.480 e. The Balaban J connectivity index is 2.20. The van der Waals surface area contributed by atoms with Gasteiger partial charge in [0.25, 0.3) is 5.95 Å². The molecule has 26 heavy (non-hydrogen) atoms. The SMILES string of the molecule is CSC(=N/C=C(/O)O[C@@H]1C[C@H](C)CC[C@H]1C(C)(C)c1ccccc1)SC. The largest absolute Gasteiger partial charge is 0.480 e. The van der Waals surface area contributed by atoms with Gasteiger partial charge in [-0.25, -0.2) is 4.99 Å². The van der Waals surface area contributed by atoms with E-state index < -0.39 is 0 Å². The topological polar surface area (TPSA) is 41.8 Å². The lowest BCUT2D eigenvalue weighted by atomic mass is 9.64. The van der Waals surface area contributed by atoms with Crippen molar-refractivity contribution in [3.8, 4) is 0 Å². The summed E-state index contributed by atoms with van der Waals surface area (Å²) < 4.78 is 6.91. The van der Waals surface area contributed by atoms with Crippen molar-refractivity contribution in [3.63, 3.8) is 0 Å². The fourth-order valence-electron chi connectivity index (χ4n) is 3.85. The zero-order valence-corrected chi connectivity index (χ0v) is 18.1. The van der Waals surface area contributed by atoms with Crippen LogP contribution in [0.2, 0.25) is 0 Å². The minimum atomic E-state index is -0.0847. The van der Waals surface area contributed by atoms with Gasteiger partial charge in [-0.3, -0.25) is 0 Å². The summed E-state index contributed by atoms with van der Waals surface area (Å²) >= 11 is 3.12. The van der Waals surface area contributed by atoms with Crippen LogP contribution in [0, 0.1) is 11.8 Å². The maximum atomic E-state index is 10.3. The van der Waals surface area contributed by atoms with Gasteiger partial charge in [-0.05, 0) is 42.2 Å². The summed E-state index contributed by atoms with van der Waals surface area (Å²) in [5, 5.41) is 10.3. The highest BCUT2D eigenvalue weighted by Crippen LogP contribution is 2.44. The molecule has 0 heterocycles. The first-order valence-electron chi connectivity index (χ1n) is 9.15. The lowest BCUT2D eigenvalue weighted by Gasteiger charge is -2.44. The van der Waals surface area contributed by atoms with Crippen LogP contribution in [0.15, 0.2) is 47.5 Å². The first-order valence-corrected chi connectivity index (χ1v) is 11.6. The summed E-state index contributed by atoms with van der Waals surface area (Å²) in [5.74, 6) is 0.867. The summed E-state index contributed by atoms with van der Waals surface area (Å²) in [7, 11) is 0. The lowest BCUT2D eigenvalue weighted by Crippen LogP contribution is -2.42. The molecule has 0 unspecified atom stereocenters. The molecule has 5 heteroatoms. The van der Waals surface area contributed by atoms with Crippen molar-refractivity contribution >= 4 is 27.9 Å². The Morgan fingerprint density at radius 3 is 2.46 bits per heavy atom. The van der Waals surface area contributed by atoms with E-state index in [2.05, 4.69) is 56.1 Å². The Morgan fingerprint density at radius 1 is 1.19 bits per heavy atom. The molecule has 0 bridgehead atoms. The van der Waals surface area contributed by atoms with Crippen molar-refractivity contribution in [2.24, 2.45) is 16.8 Å². The molecule has 3 nitrogen and oxygen atoms in total. The van der Waals surface area contributed by atoms with Gasteiger partial charge in [0.15, 0.2) is 0 Å². The molecule has 1 N–H and O–H groups in total. The van der Waals surface area contributed by atoms with Crippen LogP contribution >= 0.6 is 23.5 Å². The number of rotatable bonds is 5. The van der Waals surface area contributed by atoms with Crippen LogP contribution in [0.5, 0.6) is 0 Å². The zero-order valence-electron chi connectivity index (χ0n) is 16.4. The zero-order chi connectivity index (χ0) is 19.2. The van der Waals surface area contributed by atoms with E-state index >= 15 is 0 Å². The number of aliphatic imine (C=N–C) groups is 1. The van der Waals surface area contributed by atoms with Crippen LogP contribution in [0.1, 0.15) is 45.6 Å². The summed E-state index contributed by atoms with van der Waals surface area (Å²) in [6.45, 7) is 6.84. The number of nitrogens with zero attached hydrogens (tertiary/aromatic N) is 1. The predicted octanol–water partition coefficient (Wildman–Crippen LogP) is 6.22. The first-order chi connectivity index (χ1) is 12.4. The van der Waals surface area contributed by atoms with E-state index in [-0.39, 0.29) is 17.5 Å². The van der Waals surface area contributed by atoms with Crippen LogP contribution in [-0.2, 0) is 10.2 Å². The van der Waals surface area contributed by atoms with Gasteiger partial charge in [-0.15, -0.1) is 23.5 Å². The molecule has 1 saturated carbocycles. The summed E-state index contributed by atoms with van der Waals surface area (Å²) in [6.07, 6.45) is 8.64.